The van der Waals surface area contributed by atoms with Gasteiger partial charge in [0.05, 0.1) is 11.4 Å². The Bertz CT molecular complexity index is 854. The van der Waals surface area contributed by atoms with Crippen molar-refractivity contribution in [2.45, 2.75) is 18.6 Å². The molecular weight excluding hydrogens is 320 g/mol. The predicted molar refractivity (Wildman–Crippen MR) is 84.5 cm³/mol. The molecule has 118 valence electrons. The van der Waals surface area contributed by atoms with Crippen LogP contribution in [0.1, 0.15) is 18.1 Å². The molecule has 3 heterocycles. The van der Waals surface area contributed by atoms with Gasteiger partial charge in [-0.25, -0.2) is 18.7 Å². The summed E-state index contributed by atoms with van der Waals surface area (Å²) in [7, 11) is 0. The van der Waals surface area contributed by atoms with Crippen LogP contribution in [0.25, 0.3) is 10.2 Å². The van der Waals surface area contributed by atoms with Crippen LogP contribution in [-0.2, 0) is 4.74 Å². The zero-order valence-corrected chi connectivity index (χ0v) is 12.8. The van der Waals surface area contributed by atoms with Crippen molar-refractivity contribution in [1.82, 2.24) is 9.97 Å². The van der Waals surface area contributed by atoms with Gasteiger partial charge in [-0.05, 0) is 35.6 Å². The summed E-state index contributed by atoms with van der Waals surface area (Å²) in [6, 6.07) is 5.79. The SMILES string of the molecule is Fc1ccc(C2OCCC2Nc2ncnc3sccc23)cc1F. The van der Waals surface area contributed by atoms with Crippen molar-refractivity contribution in [3.8, 4) is 0 Å². The molecule has 7 heteroatoms. The van der Waals surface area contributed by atoms with E-state index in [1.807, 2.05) is 11.4 Å². The van der Waals surface area contributed by atoms with Crippen molar-refractivity contribution < 1.29 is 13.5 Å². The Morgan fingerprint density at radius 3 is 2.96 bits per heavy atom. The maximum Gasteiger partial charge on any atom is 0.159 e. The molecule has 1 N–H and O–H groups in total. The first-order valence-electron chi connectivity index (χ1n) is 7.23. The van der Waals surface area contributed by atoms with Crippen LogP contribution in [0.4, 0.5) is 14.6 Å². The highest BCUT2D eigenvalue weighted by atomic mass is 32.1. The van der Waals surface area contributed by atoms with E-state index in [1.54, 1.807) is 17.4 Å². The van der Waals surface area contributed by atoms with E-state index in [-0.39, 0.29) is 12.1 Å². The lowest BCUT2D eigenvalue weighted by molar-refractivity contribution is 0.107. The monoisotopic (exact) mass is 333 g/mol. The molecule has 1 saturated heterocycles. The fourth-order valence-electron chi connectivity index (χ4n) is 2.84. The number of rotatable bonds is 3. The zero-order chi connectivity index (χ0) is 15.8. The zero-order valence-electron chi connectivity index (χ0n) is 12.0. The van der Waals surface area contributed by atoms with E-state index in [4.69, 9.17) is 4.74 Å². The van der Waals surface area contributed by atoms with Crippen molar-refractivity contribution in [2.75, 3.05) is 11.9 Å². The molecule has 1 aliphatic heterocycles. The van der Waals surface area contributed by atoms with Crippen LogP contribution in [-0.4, -0.2) is 22.6 Å². The number of ether oxygens (including phenoxy) is 1. The second-order valence-electron chi connectivity index (χ2n) is 5.37. The summed E-state index contributed by atoms with van der Waals surface area (Å²) in [5, 5.41) is 6.28. The molecule has 0 amide bonds. The number of nitrogens with zero attached hydrogens (tertiary/aromatic N) is 2. The van der Waals surface area contributed by atoms with Crippen LogP contribution in [0.5, 0.6) is 0 Å². The van der Waals surface area contributed by atoms with Gasteiger partial charge in [-0.1, -0.05) is 6.07 Å². The molecule has 3 aromatic rings. The molecule has 2 atom stereocenters. The van der Waals surface area contributed by atoms with E-state index >= 15 is 0 Å². The van der Waals surface area contributed by atoms with Crippen LogP contribution in [0.2, 0.25) is 0 Å². The molecule has 2 aromatic heterocycles. The number of hydrogen-bond acceptors (Lipinski definition) is 5. The molecule has 0 spiro atoms. The highest BCUT2D eigenvalue weighted by Crippen LogP contribution is 2.33. The number of fused-ring (bicyclic) bond motifs is 1. The normalized spacial score (nSPS) is 21.0. The van der Waals surface area contributed by atoms with E-state index in [9.17, 15) is 8.78 Å². The van der Waals surface area contributed by atoms with Gasteiger partial charge in [-0.3, -0.25) is 0 Å². The van der Waals surface area contributed by atoms with Crippen LogP contribution < -0.4 is 5.32 Å². The number of aromatic nitrogens is 2. The number of hydrogen-bond donors (Lipinski definition) is 1. The second kappa shape index (κ2) is 5.82. The van der Waals surface area contributed by atoms with Gasteiger partial charge in [-0.2, -0.15) is 0 Å². The van der Waals surface area contributed by atoms with E-state index in [1.165, 1.54) is 12.4 Å². The van der Waals surface area contributed by atoms with Crippen molar-refractivity contribution >= 4 is 27.4 Å². The number of halogens is 2. The van der Waals surface area contributed by atoms with Crippen LogP contribution in [0.15, 0.2) is 36.0 Å². The second-order valence-corrected chi connectivity index (χ2v) is 6.26. The molecule has 4 rings (SSSR count). The maximum atomic E-state index is 13.5. The van der Waals surface area contributed by atoms with Crippen molar-refractivity contribution in [1.29, 1.82) is 0 Å². The average Bonchev–Trinajstić information content (AvgIpc) is 3.19. The first-order chi connectivity index (χ1) is 11.2. The lowest BCUT2D eigenvalue weighted by Gasteiger charge is -2.21. The van der Waals surface area contributed by atoms with Gasteiger partial charge < -0.3 is 10.1 Å². The Morgan fingerprint density at radius 1 is 1.17 bits per heavy atom. The third-order valence-electron chi connectivity index (χ3n) is 3.95. The van der Waals surface area contributed by atoms with E-state index in [2.05, 4.69) is 15.3 Å². The van der Waals surface area contributed by atoms with E-state index in [0.717, 1.165) is 28.5 Å². The minimum Gasteiger partial charge on any atom is -0.371 e. The summed E-state index contributed by atoms with van der Waals surface area (Å²) >= 11 is 1.55. The maximum absolute atomic E-state index is 13.5. The number of anilines is 1. The minimum atomic E-state index is -0.862. The fraction of sp³-hybridized carbons (Fsp3) is 0.250. The van der Waals surface area contributed by atoms with Crippen LogP contribution in [0.3, 0.4) is 0 Å². The topological polar surface area (TPSA) is 47.0 Å². The summed E-state index contributed by atoms with van der Waals surface area (Å²) in [6.45, 7) is 0.555. The first-order valence-corrected chi connectivity index (χ1v) is 8.11. The lowest BCUT2D eigenvalue weighted by atomic mass is 10.0. The number of thiophene rings is 1. The Balaban J connectivity index is 1.63. The van der Waals surface area contributed by atoms with Gasteiger partial charge in [0.15, 0.2) is 11.6 Å². The van der Waals surface area contributed by atoms with Crippen molar-refractivity contribution in [2.24, 2.45) is 0 Å². The molecular formula is C16H13F2N3OS. The number of benzene rings is 1. The van der Waals surface area contributed by atoms with E-state index < -0.39 is 11.6 Å². The summed E-state index contributed by atoms with van der Waals surface area (Å²) in [4.78, 5) is 9.43. The van der Waals surface area contributed by atoms with Gasteiger partial charge in [0.25, 0.3) is 0 Å². The smallest absolute Gasteiger partial charge is 0.159 e. The first kappa shape index (κ1) is 14.5. The van der Waals surface area contributed by atoms with Crippen LogP contribution >= 0.6 is 11.3 Å². The van der Waals surface area contributed by atoms with Gasteiger partial charge in [0, 0.05) is 6.61 Å². The van der Waals surface area contributed by atoms with Gasteiger partial charge >= 0.3 is 0 Å². The largest absolute Gasteiger partial charge is 0.371 e. The molecule has 0 aliphatic carbocycles. The predicted octanol–water partition coefficient (Wildman–Crippen LogP) is 3.91. The summed E-state index contributed by atoms with van der Waals surface area (Å²) in [6.07, 6.45) is 1.94. The lowest BCUT2D eigenvalue weighted by Crippen LogP contribution is -2.24. The summed E-state index contributed by atoms with van der Waals surface area (Å²) < 4.78 is 32.3. The number of nitrogens with one attached hydrogen (secondary N) is 1. The molecule has 0 saturated carbocycles. The summed E-state index contributed by atoms with van der Waals surface area (Å²) in [5.41, 5.74) is 0.620. The molecule has 0 bridgehead atoms. The van der Waals surface area contributed by atoms with Crippen molar-refractivity contribution in [3.63, 3.8) is 0 Å². The molecule has 1 aromatic carbocycles. The van der Waals surface area contributed by atoms with E-state index in [0.29, 0.717) is 12.2 Å². The quantitative estimate of drug-likeness (QED) is 0.789. The van der Waals surface area contributed by atoms with Gasteiger partial charge in [-0.15, -0.1) is 11.3 Å². The third kappa shape index (κ3) is 2.66. The molecule has 0 radical (unpaired) electrons. The molecule has 1 aliphatic rings. The highest BCUT2D eigenvalue weighted by Gasteiger charge is 2.31. The summed E-state index contributed by atoms with van der Waals surface area (Å²) in [5.74, 6) is -0.981. The Labute approximate surface area is 135 Å². The Morgan fingerprint density at radius 2 is 2.09 bits per heavy atom. The van der Waals surface area contributed by atoms with Gasteiger partial charge in [0.1, 0.15) is 23.1 Å². The molecule has 4 nitrogen and oxygen atoms in total. The van der Waals surface area contributed by atoms with Gasteiger partial charge in [0.2, 0.25) is 0 Å². The van der Waals surface area contributed by atoms with Crippen molar-refractivity contribution in [3.05, 3.63) is 53.2 Å². The minimum absolute atomic E-state index is 0.0575. The van der Waals surface area contributed by atoms with Crippen LogP contribution in [0, 0.1) is 11.6 Å². The molecule has 2 unspecified atom stereocenters. The fourth-order valence-corrected chi connectivity index (χ4v) is 3.57. The molecule has 23 heavy (non-hydrogen) atoms. The average molecular weight is 333 g/mol. The standard InChI is InChI=1S/C16H13F2N3OS/c17-11-2-1-9(7-12(11)18)14-13(3-5-22-14)21-15-10-4-6-23-16(10)20-8-19-15/h1-2,4,6-8,13-14H,3,5H2,(H,19,20,21). The Kier molecular flexibility index (Phi) is 3.66. The Hall–Kier alpha value is -2.12. The third-order valence-corrected chi connectivity index (χ3v) is 4.77. The molecule has 1 fully saturated rings. The highest BCUT2D eigenvalue weighted by molar-refractivity contribution is 7.16.